The van der Waals surface area contributed by atoms with E-state index < -0.39 is 23.0 Å². The second-order valence-corrected chi connectivity index (χ2v) is 6.53. The summed E-state index contributed by atoms with van der Waals surface area (Å²) in [7, 11) is 0. The van der Waals surface area contributed by atoms with Gasteiger partial charge in [-0.05, 0) is 29.8 Å². The molecule has 0 unspecified atom stereocenters. The first-order valence-electron chi connectivity index (χ1n) is 9.06. The second-order valence-electron chi connectivity index (χ2n) is 6.53. The molecule has 2 heterocycles. The SMILES string of the molecule is O=C(Cn1c(=O)n(Cc2ccc(F)cc2)c(=O)c2nccnc21)Nc1ccccc1. The Bertz CT molecular complexity index is 1330. The molecule has 4 rings (SSSR count). The highest BCUT2D eigenvalue weighted by Crippen LogP contribution is 2.07. The third-order valence-electron chi connectivity index (χ3n) is 4.46. The number of fused-ring (bicyclic) bond motifs is 1. The van der Waals surface area contributed by atoms with E-state index in [0.717, 1.165) is 9.13 Å². The van der Waals surface area contributed by atoms with E-state index in [2.05, 4.69) is 15.3 Å². The molecular formula is C21H16FN5O3. The Morgan fingerprint density at radius 3 is 2.37 bits per heavy atom. The van der Waals surface area contributed by atoms with Gasteiger partial charge in [0.15, 0.2) is 11.2 Å². The van der Waals surface area contributed by atoms with Crippen LogP contribution >= 0.6 is 0 Å². The van der Waals surface area contributed by atoms with Crippen LogP contribution in [0.1, 0.15) is 5.56 Å². The van der Waals surface area contributed by atoms with Crippen LogP contribution in [0.4, 0.5) is 10.1 Å². The van der Waals surface area contributed by atoms with Crippen molar-refractivity contribution in [3.05, 3.63) is 99.2 Å². The van der Waals surface area contributed by atoms with Crippen molar-refractivity contribution >= 4 is 22.8 Å². The van der Waals surface area contributed by atoms with Gasteiger partial charge in [0.1, 0.15) is 12.4 Å². The van der Waals surface area contributed by atoms with E-state index in [-0.39, 0.29) is 24.3 Å². The van der Waals surface area contributed by atoms with Crippen molar-refractivity contribution in [1.29, 1.82) is 0 Å². The summed E-state index contributed by atoms with van der Waals surface area (Å²) in [5.41, 5.74) is -0.227. The number of nitrogens with zero attached hydrogens (tertiary/aromatic N) is 4. The molecule has 0 aliphatic heterocycles. The number of aromatic nitrogens is 4. The van der Waals surface area contributed by atoms with Gasteiger partial charge in [0.25, 0.3) is 5.56 Å². The molecule has 150 valence electrons. The lowest BCUT2D eigenvalue weighted by Crippen LogP contribution is -2.42. The van der Waals surface area contributed by atoms with Crippen molar-refractivity contribution in [1.82, 2.24) is 19.1 Å². The molecule has 2 aromatic heterocycles. The molecule has 0 aliphatic carbocycles. The van der Waals surface area contributed by atoms with E-state index in [1.807, 2.05) is 6.07 Å². The number of hydrogen-bond donors (Lipinski definition) is 1. The summed E-state index contributed by atoms with van der Waals surface area (Å²) in [6.45, 7) is -0.447. The van der Waals surface area contributed by atoms with Crippen LogP contribution in [0, 0.1) is 5.82 Å². The summed E-state index contributed by atoms with van der Waals surface area (Å²) >= 11 is 0. The maximum absolute atomic E-state index is 13.2. The molecule has 1 amide bonds. The number of carbonyl (C=O) groups excluding carboxylic acids is 1. The molecule has 0 aliphatic rings. The topological polar surface area (TPSA) is 98.9 Å². The molecular weight excluding hydrogens is 389 g/mol. The fraction of sp³-hybridized carbons (Fsp3) is 0.0952. The molecule has 0 saturated carbocycles. The number of benzene rings is 2. The van der Waals surface area contributed by atoms with Gasteiger partial charge in [0.2, 0.25) is 5.91 Å². The lowest BCUT2D eigenvalue weighted by Gasteiger charge is -2.13. The number of hydrogen-bond acceptors (Lipinski definition) is 5. The van der Waals surface area contributed by atoms with Gasteiger partial charge in [0.05, 0.1) is 6.54 Å². The van der Waals surface area contributed by atoms with Crippen molar-refractivity contribution in [3.63, 3.8) is 0 Å². The molecule has 8 nitrogen and oxygen atoms in total. The Morgan fingerprint density at radius 1 is 0.933 bits per heavy atom. The average molecular weight is 405 g/mol. The maximum Gasteiger partial charge on any atom is 0.333 e. The Balaban J connectivity index is 1.76. The monoisotopic (exact) mass is 405 g/mol. The minimum Gasteiger partial charge on any atom is -0.325 e. The highest BCUT2D eigenvalue weighted by Gasteiger charge is 2.17. The van der Waals surface area contributed by atoms with Crippen LogP contribution in [0.15, 0.2) is 76.6 Å². The predicted octanol–water partition coefficient (Wildman–Crippen LogP) is 1.78. The van der Waals surface area contributed by atoms with Crippen molar-refractivity contribution in [3.8, 4) is 0 Å². The molecule has 30 heavy (non-hydrogen) atoms. The summed E-state index contributed by atoms with van der Waals surface area (Å²) in [6.07, 6.45) is 2.68. The van der Waals surface area contributed by atoms with Gasteiger partial charge in [-0.3, -0.25) is 18.7 Å². The van der Waals surface area contributed by atoms with Gasteiger partial charge < -0.3 is 5.32 Å². The Labute approximate surface area is 169 Å². The van der Waals surface area contributed by atoms with E-state index >= 15 is 0 Å². The highest BCUT2D eigenvalue weighted by molar-refractivity contribution is 5.91. The number of anilines is 1. The van der Waals surface area contributed by atoms with Crippen LogP contribution in [0.25, 0.3) is 11.2 Å². The smallest absolute Gasteiger partial charge is 0.325 e. The molecule has 0 fully saturated rings. The van der Waals surface area contributed by atoms with Crippen molar-refractivity contribution < 1.29 is 9.18 Å². The first-order chi connectivity index (χ1) is 14.5. The van der Waals surface area contributed by atoms with Crippen LogP contribution in [0.5, 0.6) is 0 Å². The van der Waals surface area contributed by atoms with Crippen molar-refractivity contribution in [2.45, 2.75) is 13.1 Å². The molecule has 0 radical (unpaired) electrons. The normalized spacial score (nSPS) is 10.8. The minimum absolute atomic E-state index is 0.0195. The molecule has 0 atom stereocenters. The zero-order chi connectivity index (χ0) is 21.1. The summed E-state index contributed by atoms with van der Waals surface area (Å²) in [5.74, 6) is -0.882. The molecule has 0 bridgehead atoms. The zero-order valence-corrected chi connectivity index (χ0v) is 15.7. The van der Waals surface area contributed by atoms with E-state index in [1.165, 1.54) is 36.7 Å². The van der Waals surface area contributed by atoms with Crippen LogP contribution in [0.2, 0.25) is 0 Å². The lowest BCUT2D eigenvalue weighted by molar-refractivity contribution is -0.116. The van der Waals surface area contributed by atoms with E-state index in [1.54, 1.807) is 24.3 Å². The molecule has 2 aromatic carbocycles. The first-order valence-corrected chi connectivity index (χ1v) is 9.06. The van der Waals surface area contributed by atoms with Gasteiger partial charge in [0, 0.05) is 18.1 Å². The number of nitrogens with one attached hydrogen (secondary N) is 1. The van der Waals surface area contributed by atoms with Gasteiger partial charge in [-0.25, -0.2) is 19.2 Å². The summed E-state index contributed by atoms with van der Waals surface area (Å²) in [4.78, 5) is 46.5. The summed E-state index contributed by atoms with van der Waals surface area (Å²) in [6, 6.07) is 14.2. The van der Waals surface area contributed by atoms with Crippen molar-refractivity contribution in [2.75, 3.05) is 5.32 Å². The van der Waals surface area contributed by atoms with Gasteiger partial charge in [-0.1, -0.05) is 30.3 Å². The Kier molecular flexibility index (Phi) is 5.17. The third-order valence-corrected chi connectivity index (χ3v) is 4.46. The number of amides is 1. The van der Waals surface area contributed by atoms with Crippen molar-refractivity contribution in [2.24, 2.45) is 0 Å². The minimum atomic E-state index is -0.708. The van der Waals surface area contributed by atoms with E-state index in [9.17, 15) is 18.8 Å². The van der Waals surface area contributed by atoms with Crippen LogP contribution in [-0.4, -0.2) is 25.0 Å². The van der Waals surface area contributed by atoms with Crippen LogP contribution in [-0.2, 0) is 17.9 Å². The van der Waals surface area contributed by atoms with Crippen LogP contribution < -0.4 is 16.6 Å². The number of rotatable bonds is 5. The average Bonchev–Trinajstić information content (AvgIpc) is 2.76. The van der Waals surface area contributed by atoms with Crippen LogP contribution in [0.3, 0.4) is 0 Å². The summed E-state index contributed by atoms with van der Waals surface area (Å²) < 4.78 is 15.2. The first kappa shape index (κ1) is 19.2. The zero-order valence-electron chi connectivity index (χ0n) is 15.7. The number of carbonyl (C=O) groups is 1. The van der Waals surface area contributed by atoms with Gasteiger partial charge in [-0.15, -0.1) is 0 Å². The maximum atomic E-state index is 13.2. The number of para-hydroxylation sites is 1. The molecule has 4 aromatic rings. The Hall–Kier alpha value is -4.14. The standard InChI is InChI=1S/C21H16FN5O3/c22-15-8-6-14(7-9-15)12-27-20(29)18-19(24-11-10-23-18)26(21(27)30)13-17(28)25-16-4-2-1-3-5-16/h1-11H,12-13H2,(H,25,28). The Morgan fingerprint density at radius 2 is 1.63 bits per heavy atom. The van der Waals surface area contributed by atoms with Gasteiger partial charge in [-0.2, -0.15) is 0 Å². The largest absolute Gasteiger partial charge is 0.333 e. The predicted molar refractivity (Wildman–Crippen MR) is 109 cm³/mol. The third kappa shape index (κ3) is 3.86. The molecule has 9 heteroatoms. The molecule has 0 saturated heterocycles. The fourth-order valence-electron chi connectivity index (χ4n) is 3.05. The quantitative estimate of drug-likeness (QED) is 0.546. The second kappa shape index (κ2) is 8.08. The van der Waals surface area contributed by atoms with E-state index in [4.69, 9.17) is 0 Å². The fourth-order valence-corrected chi connectivity index (χ4v) is 3.05. The number of halogens is 1. The molecule has 0 spiro atoms. The lowest BCUT2D eigenvalue weighted by atomic mass is 10.2. The van der Waals surface area contributed by atoms with Gasteiger partial charge >= 0.3 is 5.69 Å². The summed E-state index contributed by atoms with van der Waals surface area (Å²) in [5, 5.41) is 2.70. The van der Waals surface area contributed by atoms with E-state index in [0.29, 0.717) is 11.3 Å². The molecule has 1 N–H and O–H groups in total. The highest BCUT2D eigenvalue weighted by atomic mass is 19.1.